The molecular weight excluding hydrogens is 1320 g/mol. The summed E-state index contributed by atoms with van der Waals surface area (Å²) in [5, 5.41) is 22.0. The van der Waals surface area contributed by atoms with Crippen LogP contribution in [0.4, 0.5) is 5.69 Å². The third-order valence-electron chi connectivity index (χ3n) is 12.8. The molecule has 1 aliphatic heterocycles. The number of nitrogens with zero attached hydrogens (tertiary/aromatic N) is 3. The van der Waals surface area contributed by atoms with Crippen LogP contribution in [-0.2, 0) is 38.7 Å². The monoisotopic (exact) mass is 1450 g/mol. The molecule has 1 heterocycles. The lowest BCUT2D eigenvalue weighted by Gasteiger charge is -2.40. The maximum absolute atomic E-state index is 14.0. The number of hydrogen-bond donors (Lipinski definition) is 2. The Kier molecular flexibility index (Phi) is 46.6. The molecule has 14 nitrogen and oxygen atoms in total. The number of aliphatic hydroxyl groups excluding tert-OH is 1. The van der Waals surface area contributed by atoms with Crippen molar-refractivity contribution in [2.24, 2.45) is 10.7 Å². The number of ether oxygens (including phenoxy) is 3. The molecule has 3 rings (SSSR count). The predicted octanol–water partition coefficient (Wildman–Crippen LogP) is 16.1. The summed E-state index contributed by atoms with van der Waals surface area (Å²) in [6.45, 7) is 18.1. The molecule has 0 bridgehead atoms. The summed E-state index contributed by atoms with van der Waals surface area (Å²) < 4.78 is 50.8. The van der Waals surface area contributed by atoms with Gasteiger partial charge in [0.15, 0.2) is 9.84 Å². The number of anilines is 1. The molecule has 1 aliphatic rings. The summed E-state index contributed by atoms with van der Waals surface area (Å²) >= 11 is 1.80. The van der Waals surface area contributed by atoms with Crippen molar-refractivity contribution in [1.29, 1.82) is 5.53 Å². The standard InChI is InChI=1S/C38H63N2O6S.C38H2.HIN2O4S.30H2/c1-8-13-21-38(22-14-9-2)30-47(42,43)35-20-17-32(39(6)7)29-34(35)36(37(38)41)31-15-18-33(19-16-31)46-28-27-45-26-25-44-24-23-40(10-3,11-4)12-5;1-3-5-7-9-11-13-15-17-19-21-23-25-27-29-31-33-35-37-38-36-34-32-30-28-26-24-22-20-18-16-14-12-10-8-6-4-2;1-8-7-6-5-4-3-2;;;;;;;;;;;;;;;;;;;;;;;;;;;;;;/h15-20,29,36-37,41H,8-14,21-28,30H2,1-7H3;1-2H;2H;30*1H/q+1;;;;;;;;;;;;;;;;;;;;;;;;;;;;;;;;/t36-,37-;;;;;;;;;;;;;;;;;;;;;;;;;;;;;;;;/m1................................/s1. The largest absolute Gasteiger partial charge is 0.491 e. The fourth-order valence-electron chi connectivity index (χ4n) is 8.23. The second-order valence-electron chi connectivity index (χ2n) is 18.5. The van der Waals surface area contributed by atoms with Crippen molar-refractivity contribution in [3.05, 3.63) is 53.6 Å². The van der Waals surface area contributed by atoms with E-state index in [2.05, 4.69) is 272 Å². The van der Waals surface area contributed by atoms with Crippen molar-refractivity contribution in [2.75, 3.05) is 84.0 Å². The summed E-state index contributed by atoms with van der Waals surface area (Å²) in [7, 11) is 1.15. The van der Waals surface area contributed by atoms with E-state index in [-0.39, 0.29) is 48.6 Å². The molecule has 2 aromatic rings. The van der Waals surface area contributed by atoms with Gasteiger partial charge in [-0.05, 0) is 175 Å². The summed E-state index contributed by atoms with van der Waals surface area (Å²) in [4.78, 5) is 5.87. The van der Waals surface area contributed by atoms with Crippen LogP contribution in [0.3, 0.4) is 0 Å². The summed E-state index contributed by atoms with van der Waals surface area (Å²) in [6, 6.07) is 13.4. The zero-order valence-electron chi connectivity index (χ0n) is 52.8. The van der Waals surface area contributed by atoms with Crippen LogP contribution in [0.25, 0.3) is 0 Å². The number of terminal acetylenes is 2. The molecule has 0 unspecified atom stereocenters. The van der Waals surface area contributed by atoms with Gasteiger partial charge in [0, 0.05) is 219 Å². The van der Waals surface area contributed by atoms with E-state index >= 15 is 0 Å². The van der Waals surface area contributed by atoms with Crippen LogP contribution >= 0.6 is 30.4 Å². The lowest BCUT2D eigenvalue weighted by molar-refractivity contribution is -0.923. The zero-order chi connectivity index (χ0) is 68.2. The Morgan fingerprint density at radius 1 is 0.602 bits per heavy atom. The molecule has 0 saturated heterocycles. The third kappa shape index (κ3) is 36.9. The van der Waals surface area contributed by atoms with Gasteiger partial charge in [0.1, 0.15) is 28.1 Å². The molecule has 0 radical (unpaired) electrons. The van der Waals surface area contributed by atoms with E-state index in [1.807, 2.05) is 55.4 Å². The number of benzene rings is 2. The van der Waals surface area contributed by atoms with Gasteiger partial charge in [-0.2, -0.15) is 10.5 Å². The number of fused-ring (bicyclic) bond motifs is 1. The topological polar surface area (TPSA) is 158 Å². The molecule has 2 N–H and O–H groups in total. The lowest BCUT2D eigenvalue weighted by Crippen LogP contribution is -2.49. The smallest absolute Gasteiger partial charge is 0.179 e. The van der Waals surface area contributed by atoms with Gasteiger partial charge < -0.3 is 28.7 Å². The van der Waals surface area contributed by atoms with E-state index in [1.165, 1.54) is 0 Å². The number of hydrogen-bond acceptors (Lipinski definition) is 14. The maximum atomic E-state index is 14.0. The summed E-state index contributed by atoms with van der Waals surface area (Å²) in [5.74, 6) is 88.3. The Bertz CT molecular complexity index is 4110. The second-order valence-corrected chi connectivity index (χ2v) is 21.8. The van der Waals surface area contributed by atoms with Crippen LogP contribution in [0, 0.1) is 237 Å². The van der Waals surface area contributed by atoms with Gasteiger partial charge in [0.25, 0.3) is 0 Å². The fraction of sp³-hybridized carbons (Fsp3) is 0.342. The first kappa shape index (κ1) is 80.8. The molecular formula is C76H126IN4O10S2+. The Morgan fingerprint density at radius 2 is 0.989 bits per heavy atom. The van der Waals surface area contributed by atoms with Gasteiger partial charge in [-0.25, -0.2) is 8.42 Å². The van der Waals surface area contributed by atoms with Crippen molar-refractivity contribution >= 4 is 45.9 Å². The molecule has 0 fully saturated rings. The molecule has 0 spiro atoms. The predicted molar refractivity (Wildman–Crippen MR) is 437 cm³/mol. The minimum atomic E-state index is -3.63. The molecule has 0 amide bonds. The maximum Gasteiger partial charge on any atom is 0.179 e. The van der Waals surface area contributed by atoms with Crippen LogP contribution < -0.4 is 9.64 Å². The first-order valence-electron chi connectivity index (χ1n) is 28.5. The number of quaternary nitrogens is 1. The van der Waals surface area contributed by atoms with Gasteiger partial charge in [-0.3, -0.25) is 0 Å². The van der Waals surface area contributed by atoms with Crippen molar-refractivity contribution in [2.45, 2.75) is 90.1 Å². The SMILES string of the molecule is C#CC#CC#CC#CC#CC#CC#CC#CC#CC#CC#CC#CC#CC#CC#CC#CC#CC#CC#C.CCCCC1(CCCC)CS(=O)(=O)c2ccc(N(C)C)cc2[C@@H](c2ccc(OCCOCCOCC[N+](CC)(CC)CC)cc2)[C@H]1O.N=NOOOOSI.[HH].[HH].[HH].[HH].[HH].[HH].[HH].[HH].[HH].[HH].[HH].[HH].[HH].[HH].[HH].[HH].[HH].[HH].[HH].[HH].[HH].[HH].[HH].[HH].[HH].[HH].[HH].[HH].[HH].[HH]. The van der Waals surface area contributed by atoms with Gasteiger partial charge in [0.2, 0.25) is 0 Å². The van der Waals surface area contributed by atoms with E-state index in [0.29, 0.717) is 55.5 Å². The molecule has 17 heteroatoms. The van der Waals surface area contributed by atoms with Crippen LogP contribution in [0.5, 0.6) is 5.75 Å². The molecule has 0 aromatic heterocycles. The zero-order valence-corrected chi connectivity index (χ0v) is 56.6. The third-order valence-corrected chi connectivity index (χ3v) is 15.4. The Morgan fingerprint density at radius 3 is 1.34 bits per heavy atom. The molecule has 528 valence electrons. The second kappa shape index (κ2) is 53.6. The molecule has 2 aromatic carbocycles. The number of sulfone groups is 1. The average Bonchev–Trinajstić information content (AvgIpc) is 1.58. The number of rotatable bonds is 26. The van der Waals surface area contributed by atoms with Gasteiger partial charge in [0.05, 0.1) is 68.1 Å². The lowest BCUT2D eigenvalue weighted by atomic mass is 9.68. The van der Waals surface area contributed by atoms with Gasteiger partial charge >= 0.3 is 0 Å². The number of nitrogens with one attached hydrogen (secondary N) is 1. The molecule has 0 aliphatic carbocycles. The van der Waals surface area contributed by atoms with Gasteiger partial charge in [-0.15, -0.1) is 17.2 Å². The van der Waals surface area contributed by atoms with Crippen molar-refractivity contribution in [1.82, 2.24) is 0 Å². The van der Waals surface area contributed by atoms with E-state index in [4.69, 9.17) is 32.6 Å². The number of halogens is 1. The molecule has 93 heavy (non-hydrogen) atoms. The summed E-state index contributed by atoms with van der Waals surface area (Å²) in [5.41, 5.74) is 7.71. The highest BCUT2D eigenvalue weighted by Gasteiger charge is 2.49. The minimum Gasteiger partial charge on any atom is -0.491 e. The van der Waals surface area contributed by atoms with Crippen LogP contribution in [0.1, 0.15) is 133 Å². The first-order valence-corrected chi connectivity index (χ1v) is 33.5. The number of aliphatic hydroxyl groups is 1. The van der Waals surface area contributed by atoms with E-state index in [1.54, 1.807) is 27.3 Å². The van der Waals surface area contributed by atoms with Crippen LogP contribution in [0.15, 0.2) is 52.6 Å². The van der Waals surface area contributed by atoms with Crippen LogP contribution in [0.2, 0.25) is 0 Å². The van der Waals surface area contributed by atoms with Crippen molar-refractivity contribution in [3.8, 4) is 232 Å². The Balaban J connectivity index is -0.0000000379. The van der Waals surface area contributed by atoms with Crippen molar-refractivity contribution in [3.63, 3.8) is 0 Å². The molecule has 2 atom stereocenters. The van der Waals surface area contributed by atoms with E-state index in [0.717, 1.165) is 83.4 Å². The normalized spacial score (nSPS) is 11.8. The van der Waals surface area contributed by atoms with Gasteiger partial charge in [-0.1, -0.05) is 51.7 Å². The molecule has 0 saturated carbocycles. The highest BCUT2D eigenvalue weighted by molar-refractivity contribution is 14.2. The average molecular weight is 1450 g/mol. The summed E-state index contributed by atoms with van der Waals surface area (Å²) in [6.07, 6.45) is 14.0. The highest BCUT2D eigenvalue weighted by Crippen LogP contribution is 2.50. The Labute approximate surface area is 613 Å². The minimum absolute atomic E-state index is 0. The highest BCUT2D eigenvalue weighted by atomic mass is 127. The van der Waals surface area contributed by atoms with Crippen molar-refractivity contribution < 1.29 is 94.4 Å². The fourth-order valence-corrected chi connectivity index (χ4v) is 10.6. The number of unbranched alkanes of at least 4 members (excludes halogenated alkanes) is 2. The van der Waals surface area contributed by atoms with E-state index < -0.39 is 27.3 Å². The van der Waals surface area contributed by atoms with E-state index in [9.17, 15) is 13.5 Å². The first-order chi connectivity index (χ1) is 45.3. The van der Waals surface area contributed by atoms with Crippen LogP contribution in [-0.4, -0.2) is 103 Å². The number of likely N-dealkylation sites (N-methyl/N-ethyl adjacent to an activating group) is 1. The Hall–Kier alpha value is -10.2. The quantitative estimate of drug-likeness (QED) is 0.0134.